The van der Waals surface area contributed by atoms with Gasteiger partial charge in [0.2, 0.25) is 5.88 Å². The van der Waals surface area contributed by atoms with Crippen LogP contribution >= 0.6 is 11.6 Å². The van der Waals surface area contributed by atoms with Crippen molar-refractivity contribution in [1.82, 2.24) is 4.98 Å². The highest BCUT2D eigenvalue weighted by atomic mass is 35.5. The van der Waals surface area contributed by atoms with E-state index in [-0.39, 0.29) is 10.9 Å². The molecule has 1 aromatic rings. The predicted octanol–water partition coefficient (Wildman–Crippen LogP) is 2.25. The van der Waals surface area contributed by atoms with Gasteiger partial charge in [-0.2, -0.15) is 0 Å². The average Bonchev–Trinajstić information content (AvgIpc) is 2.94. The maximum Gasteiger partial charge on any atom is 0.512 e. The van der Waals surface area contributed by atoms with Gasteiger partial charge in [-0.3, -0.25) is 0 Å². The monoisotopic (exact) mass is 228 g/mol. The van der Waals surface area contributed by atoms with Gasteiger partial charge in [0.05, 0.1) is 5.69 Å². The third-order valence-corrected chi connectivity index (χ3v) is 2.53. The summed E-state index contributed by atoms with van der Waals surface area (Å²) in [6.07, 6.45) is 0.637. The van der Waals surface area contributed by atoms with Gasteiger partial charge in [-0.05, 0) is 18.9 Å². The quantitative estimate of drug-likeness (QED) is 0.759. The molecular weight excluding hydrogens is 220 g/mol. The van der Waals surface area contributed by atoms with Crippen LogP contribution < -0.4 is 10.5 Å². The van der Waals surface area contributed by atoms with Crippen LogP contribution in [0.4, 0.5) is 10.5 Å². The molecule has 0 aromatic carbocycles. The highest BCUT2D eigenvalue weighted by Gasteiger charge is 2.27. The van der Waals surface area contributed by atoms with Crippen LogP contribution in [0.15, 0.2) is 6.07 Å². The summed E-state index contributed by atoms with van der Waals surface area (Å²) in [7, 11) is 0. The molecule has 0 bridgehead atoms. The van der Waals surface area contributed by atoms with Crippen LogP contribution in [-0.2, 0) is 0 Å². The number of carboxylic acid groups (broad SMARTS) is 1. The molecule has 0 aliphatic heterocycles. The van der Waals surface area contributed by atoms with Crippen molar-refractivity contribution in [3.05, 3.63) is 16.8 Å². The summed E-state index contributed by atoms with van der Waals surface area (Å²) in [5.74, 6) is 0.228. The molecule has 0 amide bonds. The van der Waals surface area contributed by atoms with Gasteiger partial charge in [0.15, 0.2) is 0 Å². The van der Waals surface area contributed by atoms with E-state index in [1.807, 2.05) is 0 Å². The smallest absolute Gasteiger partial charge is 0.449 e. The minimum absolute atomic E-state index is 0.0433. The van der Waals surface area contributed by atoms with Gasteiger partial charge < -0.3 is 15.6 Å². The van der Waals surface area contributed by atoms with Gasteiger partial charge in [0, 0.05) is 11.6 Å². The highest BCUT2D eigenvalue weighted by molar-refractivity contribution is 6.34. The molecule has 1 saturated carbocycles. The Hall–Kier alpha value is -1.49. The van der Waals surface area contributed by atoms with Gasteiger partial charge in [-0.1, -0.05) is 11.6 Å². The molecule has 0 atom stereocenters. The van der Waals surface area contributed by atoms with E-state index in [9.17, 15) is 4.79 Å². The lowest BCUT2D eigenvalue weighted by atomic mass is 10.2. The lowest BCUT2D eigenvalue weighted by Crippen LogP contribution is -2.07. The first-order valence-electron chi connectivity index (χ1n) is 4.44. The van der Waals surface area contributed by atoms with Crippen LogP contribution in [0.1, 0.15) is 24.5 Å². The molecule has 0 saturated heterocycles. The van der Waals surface area contributed by atoms with Crippen molar-refractivity contribution in [3.8, 4) is 5.88 Å². The van der Waals surface area contributed by atoms with Gasteiger partial charge in [0.1, 0.15) is 5.02 Å². The van der Waals surface area contributed by atoms with Crippen molar-refractivity contribution in [1.29, 1.82) is 0 Å². The largest absolute Gasteiger partial charge is 0.512 e. The molecule has 0 radical (unpaired) electrons. The Kier molecular flexibility index (Phi) is 2.40. The van der Waals surface area contributed by atoms with E-state index < -0.39 is 6.16 Å². The molecule has 6 heteroatoms. The second kappa shape index (κ2) is 3.58. The SMILES string of the molecule is Nc1cc(C2CC2)nc(OC(=O)O)c1Cl. The summed E-state index contributed by atoms with van der Waals surface area (Å²) in [6.45, 7) is 0. The Morgan fingerprint density at radius 2 is 2.33 bits per heavy atom. The first kappa shape index (κ1) is 10.0. The zero-order chi connectivity index (χ0) is 11.0. The van der Waals surface area contributed by atoms with Crippen molar-refractivity contribution in [2.45, 2.75) is 18.8 Å². The lowest BCUT2D eigenvalue weighted by Gasteiger charge is -2.07. The third kappa shape index (κ3) is 2.12. The van der Waals surface area contributed by atoms with Crippen LogP contribution in [0, 0.1) is 0 Å². The Labute approximate surface area is 90.8 Å². The normalized spacial score (nSPS) is 15.0. The minimum Gasteiger partial charge on any atom is -0.449 e. The predicted molar refractivity (Wildman–Crippen MR) is 54.3 cm³/mol. The fourth-order valence-corrected chi connectivity index (χ4v) is 1.42. The molecule has 15 heavy (non-hydrogen) atoms. The Balaban J connectivity index is 2.37. The van der Waals surface area contributed by atoms with Crippen LogP contribution in [-0.4, -0.2) is 16.2 Å². The van der Waals surface area contributed by atoms with Crippen LogP contribution in [0.3, 0.4) is 0 Å². The fourth-order valence-electron chi connectivity index (χ4n) is 1.28. The van der Waals surface area contributed by atoms with Crippen LogP contribution in [0.2, 0.25) is 5.02 Å². The highest BCUT2D eigenvalue weighted by Crippen LogP contribution is 2.42. The first-order valence-corrected chi connectivity index (χ1v) is 4.82. The molecule has 3 N–H and O–H groups in total. The van der Waals surface area contributed by atoms with E-state index >= 15 is 0 Å². The number of anilines is 1. The number of hydrogen-bond acceptors (Lipinski definition) is 4. The van der Waals surface area contributed by atoms with Crippen molar-refractivity contribution < 1.29 is 14.6 Å². The molecular formula is C9H9ClN2O3. The van der Waals surface area contributed by atoms with Crippen molar-refractivity contribution in [2.24, 2.45) is 0 Å². The molecule has 80 valence electrons. The summed E-state index contributed by atoms with van der Waals surface area (Å²) in [4.78, 5) is 14.4. The number of pyridine rings is 1. The molecule has 1 aromatic heterocycles. The average molecular weight is 229 g/mol. The number of nitrogens with zero attached hydrogens (tertiary/aromatic N) is 1. The number of hydrogen-bond donors (Lipinski definition) is 2. The van der Waals surface area contributed by atoms with Gasteiger partial charge in [-0.25, -0.2) is 9.78 Å². The maximum absolute atomic E-state index is 10.4. The van der Waals surface area contributed by atoms with E-state index in [0.717, 1.165) is 18.5 Å². The van der Waals surface area contributed by atoms with Crippen LogP contribution in [0.25, 0.3) is 0 Å². The van der Waals surface area contributed by atoms with Gasteiger partial charge >= 0.3 is 6.16 Å². The number of halogens is 1. The number of carbonyl (C=O) groups is 1. The zero-order valence-electron chi connectivity index (χ0n) is 7.74. The lowest BCUT2D eigenvalue weighted by molar-refractivity contribution is 0.142. The van der Waals surface area contributed by atoms with Crippen molar-refractivity contribution in [3.63, 3.8) is 0 Å². The van der Waals surface area contributed by atoms with Crippen molar-refractivity contribution in [2.75, 3.05) is 5.73 Å². The Bertz CT molecular complexity index is 418. The first-order chi connectivity index (χ1) is 7.08. The second-order valence-corrected chi connectivity index (χ2v) is 3.78. The Morgan fingerprint density at radius 1 is 1.67 bits per heavy atom. The standard InChI is InChI=1S/C9H9ClN2O3/c10-7-5(11)3-6(4-1-2-4)12-8(7)15-9(13)14/h3-4H,1-2H2,(H2,11,12)(H,13,14). The molecule has 1 aliphatic carbocycles. The molecule has 0 unspecified atom stereocenters. The summed E-state index contributed by atoms with van der Waals surface area (Å²) in [5, 5.41) is 8.51. The fraction of sp³-hybridized carbons (Fsp3) is 0.333. The number of nitrogens with two attached hydrogens (primary N) is 1. The number of ether oxygens (including phenoxy) is 1. The number of aromatic nitrogens is 1. The molecule has 2 rings (SSSR count). The van der Waals surface area contributed by atoms with E-state index in [1.54, 1.807) is 6.07 Å². The number of rotatable bonds is 2. The van der Waals surface area contributed by atoms with E-state index in [0.29, 0.717) is 11.6 Å². The van der Waals surface area contributed by atoms with E-state index in [1.165, 1.54) is 0 Å². The minimum atomic E-state index is -1.45. The van der Waals surface area contributed by atoms with E-state index in [2.05, 4.69) is 9.72 Å². The van der Waals surface area contributed by atoms with Gasteiger partial charge in [0.25, 0.3) is 0 Å². The maximum atomic E-state index is 10.4. The molecule has 0 spiro atoms. The van der Waals surface area contributed by atoms with E-state index in [4.69, 9.17) is 22.4 Å². The summed E-state index contributed by atoms with van der Waals surface area (Å²) in [5.41, 5.74) is 6.66. The second-order valence-electron chi connectivity index (χ2n) is 3.40. The van der Waals surface area contributed by atoms with Crippen molar-refractivity contribution >= 4 is 23.4 Å². The zero-order valence-corrected chi connectivity index (χ0v) is 8.49. The molecule has 1 heterocycles. The number of nitrogen functional groups attached to an aromatic ring is 1. The third-order valence-electron chi connectivity index (χ3n) is 2.15. The topological polar surface area (TPSA) is 85.4 Å². The molecule has 1 fully saturated rings. The molecule has 5 nitrogen and oxygen atoms in total. The molecule has 1 aliphatic rings. The summed E-state index contributed by atoms with van der Waals surface area (Å²) in [6, 6.07) is 1.66. The van der Waals surface area contributed by atoms with Gasteiger partial charge in [-0.15, -0.1) is 0 Å². The van der Waals surface area contributed by atoms with Crippen LogP contribution in [0.5, 0.6) is 5.88 Å². The summed E-state index contributed by atoms with van der Waals surface area (Å²) >= 11 is 5.76. The summed E-state index contributed by atoms with van der Waals surface area (Å²) < 4.78 is 4.44. The Morgan fingerprint density at radius 3 is 2.87 bits per heavy atom.